The molecule has 116 valence electrons. The highest BCUT2D eigenvalue weighted by Crippen LogP contribution is 2.37. The standard InChI is InChI=1S/C13H8ClF3N2O2S/c14-11-5-10(20)9(6-18-11)12(21)19-7-2-1-3-8(4-7)22-13(15,16)17/h1-4,6H,5H2,(H,19,21). The van der Waals surface area contributed by atoms with Gasteiger partial charge < -0.3 is 5.32 Å². The lowest BCUT2D eigenvalue weighted by molar-refractivity contribution is -0.119. The topological polar surface area (TPSA) is 58.5 Å². The number of Topliss-reactive ketones (excluding diaryl/α,β-unsaturated/α-hetero) is 1. The summed E-state index contributed by atoms with van der Waals surface area (Å²) in [6.07, 6.45) is 0.864. The summed E-state index contributed by atoms with van der Waals surface area (Å²) in [7, 11) is 0. The number of nitrogens with zero attached hydrogens (tertiary/aromatic N) is 1. The Labute approximate surface area is 132 Å². The van der Waals surface area contributed by atoms with Crippen molar-refractivity contribution in [2.24, 2.45) is 4.99 Å². The second kappa shape index (κ2) is 6.53. The van der Waals surface area contributed by atoms with Crippen molar-refractivity contribution in [2.45, 2.75) is 16.8 Å². The van der Waals surface area contributed by atoms with E-state index in [1.807, 2.05) is 0 Å². The molecule has 0 bridgehead atoms. The minimum Gasteiger partial charge on any atom is -0.322 e. The van der Waals surface area contributed by atoms with Crippen LogP contribution in [0.5, 0.6) is 0 Å². The fourth-order valence-corrected chi connectivity index (χ4v) is 2.40. The highest BCUT2D eigenvalue weighted by molar-refractivity contribution is 8.00. The number of anilines is 1. The first-order chi connectivity index (χ1) is 10.2. The summed E-state index contributed by atoms with van der Waals surface area (Å²) < 4.78 is 36.9. The first-order valence-electron chi connectivity index (χ1n) is 5.87. The van der Waals surface area contributed by atoms with Crippen molar-refractivity contribution in [3.8, 4) is 0 Å². The minimum absolute atomic E-state index is 0.0738. The van der Waals surface area contributed by atoms with E-state index in [2.05, 4.69) is 10.3 Å². The Bertz CT molecular complexity index is 686. The van der Waals surface area contributed by atoms with E-state index in [-0.39, 0.29) is 39.5 Å². The molecule has 0 spiro atoms. The molecule has 1 heterocycles. The maximum Gasteiger partial charge on any atom is 0.446 e. The second-order valence-corrected chi connectivity index (χ2v) is 5.75. The lowest BCUT2D eigenvalue weighted by Gasteiger charge is -2.11. The van der Waals surface area contributed by atoms with Crippen molar-refractivity contribution in [3.05, 3.63) is 36.0 Å². The number of hydrogen-bond donors (Lipinski definition) is 1. The van der Waals surface area contributed by atoms with Gasteiger partial charge in [-0.05, 0) is 30.0 Å². The normalized spacial score (nSPS) is 15.2. The molecule has 0 radical (unpaired) electrons. The third kappa shape index (κ3) is 4.60. The predicted octanol–water partition coefficient (Wildman–Crippen LogP) is 3.73. The third-order valence-corrected chi connectivity index (χ3v) is 3.46. The van der Waals surface area contributed by atoms with Gasteiger partial charge in [-0.25, -0.2) is 4.99 Å². The van der Waals surface area contributed by atoms with Crippen molar-refractivity contribution in [1.82, 2.24) is 0 Å². The Morgan fingerprint density at radius 3 is 2.73 bits per heavy atom. The molecule has 0 fully saturated rings. The molecule has 0 atom stereocenters. The van der Waals surface area contributed by atoms with Crippen molar-refractivity contribution >= 4 is 45.9 Å². The summed E-state index contributed by atoms with van der Waals surface area (Å²) in [5.74, 6) is -1.25. The lowest BCUT2D eigenvalue weighted by Crippen LogP contribution is -2.23. The summed E-state index contributed by atoms with van der Waals surface area (Å²) in [5.41, 5.74) is -4.47. The fraction of sp³-hybridized carbons (Fsp3) is 0.154. The van der Waals surface area contributed by atoms with Crippen molar-refractivity contribution in [1.29, 1.82) is 0 Å². The van der Waals surface area contributed by atoms with Gasteiger partial charge >= 0.3 is 5.51 Å². The summed E-state index contributed by atoms with van der Waals surface area (Å²) in [5, 5.41) is 2.44. The van der Waals surface area contributed by atoms with E-state index in [4.69, 9.17) is 11.6 Å². The maximum absolute atomic E-state index is 12.3. The van der Waals surface area contributed by atoms with Crippen LogP contribution >= 0.6 is 23.4 Å². The molecule has 1 aromatic rings. The van der Waals surface area contributed by atoms with E-state index in [9.17, 15) is 22.8 Å². The van der Waals surface area contributed by atoms with Crippen LogP contribution in [0.25, 0.3) is 0 Å². The molecular weight excluding hydrogens is 341 g/mol. The highest BCUT2D eigenvalue weighted by Gasteiger charge is 2.29. The van der Waals surface area contributed by atoms with E-state index < -0.39 is 17.2 Å². The Morgan fingerprint density at radius 2 is 2.09 bits per heavy atom. The number of carbonyl (C=O) groups is 2. The number of aliphatic imine (C=N–C) groups is 1. The lowest BCUT2D eigenvalue weighted by atomic mass is 10.1. The van der Waals surface area contributed by atoms with Crippen LogP contribution in [0.3, 0.4) is 0 Å². The molecule has 2 rings (SSSR count). The molecule has 9 heteroatoms. The molecule has 1 amide bonds. The number of hydrogen-bond acceptors (Lipinski definition) is 4. The predicted molar refractivity (Wildman–Crippen MR) is 78.0 cm³/mol. The van der Waals surface area contributed by atoms with E-state index in [1.54, 1.807) is 0 Å². The van der Waals surface area contributed by atoms with Crippen molar-refractivity contribution < 1.29 is 22.8 Å². The van der Waals surface area contributed by atoms with Crippen LogP contribution in [0.4, 0.5) is 18.9 Å². The number of benzene rings is 1. The van der Waals surface area contributed by atoms with Gasteiger partial charge in [-0.1, -0.05) is 17.7 Å². The zero-order valence-corrected chi connectivity index (χ0v) is 12.4. The van der Waals surface area contributed by atoms with Gasteiger partial charge in [0.15, 0.2) is 5.78 Å². The van der Waals surface area contributed by atoms with Crippen molar-refractivity contribution in [2.75, 3.05) is 5.32 Å². The first kappa shape index (κ1) is 16.6. The molecular formula is C13H8ClF3N2O2S. The van der Waals surface area contributed by atoms with Crippen LogP contribution in [0, 0.1) is 0 Å². The SMILES string of the molecule is O=C1CC(Cl)=NC=C1C(=O)Nc1cccc(SC(F)(F)F)c1. The van der Waals surface area contributed by atoms with Gasteiger partial charge in [0.1, 0.15) is 10.7 Å². The molecule has 0 saturated carbocycles. The molecule has 0 aromatic heterocycles. The molecule has 1 aliphatic rings. The number of alkyl halides is 3. The van der Waals surface area contributed by atoms with Crippen LogP contribution in [0.2, 0.25) is 0 Å². The number of halogens is 4. The largest absolute Gasteiger partial charge is 0.446 e. The van der Waals surface area contributed by atoms with Gasteiger partial charge in [0, 0.05) is 16.8 Å². The quantitative estimate of drug-likeness (QED) is 0.669. The second-order valence-electron chi connectivity index (χ2n) is 4.18. The Kier molecular flexibility index (Phi) is 4.92. The average molecular weight is 349 g/mol. The van der Waals surface area contributed by atoms with E-state index in [0.29, 0.717) is 0 Å². The smallest absolute Gasteiger partial charge is 0.322 e. The molecule has 1 N–H and O–H groups in total. The van der Waals surface area contributed by atoms with Crippen molar-refractivity contribution in [3.63, 3.8) is 0 Å². The van der Waals surface area contributed by atoms with Gasteiger partial charge in [-0.2, -0.15) is 13.2 Å². The molecule has 0 saturated heterocycles. The summed E-state index contributed by atoms with van der Waals surface area (Å²) in [4.78, 5) is 27.2. The van der Waals surface area contributed by atoms with E-state index in [1.165, 1.54) is 24.3 Å². The maximum atomic E-state index is 12.3. The van der Waals surface area contributed by atoms with Crippen LogP contribution in [0.1, 0.15) is 6.42 Å². The molecule has 4 nitrogen and oxygen atoms in total. The van der Waals surface area contributed by atoms with Crippen LogP contribution in [0.15, 0.2) is 45.9 Å². The van der Waals surface area contributed by atoms with Gasteiger partial charge in [-0.3, -0.25) is 9.59 Å². The number of amides is 1. The van der Waals surface area contributed by atoms with Gasteiger partial charge in [0.05, 0.1) is 6.42 Å². The van der Waals surface area contributed by atoms with Gasteiger partial charge in [-0.15, -0.1) is 0 Å². The zero-order valence-electron chi connectivity index (χ0n) is 10.8. The number of rotatable bonds is 3. The Morgan fingerprint density at radius 1 is 1.36 bits per heavy atom. The first-order valence-corrected chi connectivity index (χ1v) is 7.07. The third-order valence-electron chi connectivity index (χ3n) is 2.51. The average Bonchev–Trinajstić information content (AvgIpc) is 2.36. The summed E-state index contributed by atoms with van der Waals surface area (Å²) >= 11 is 5.27. The molecule has 1 aliphatic heterocycles. The fourth-order valence-electron chi connectivity index (χ4n) is 1.63. The molecule has 0 unspecified atom stereocenters. The number of ketones is 1. The minimum atomic E-state index is -4.42. The number of carbonyl (C=O) groups excluding carboxylic acids is 2. The van der Waals surface area contributed by atoms with Crippen LogP contribution < -0.4 is 5.32 Å². The van der Waals surface area contributed by atoms with Gasteiger partial charge in [0.25, 0.3) is 5.91 Å². The summed E-state index contributed by atoms with van der Waals surface area (Å²) in [6, 6.07) is 5.22. The number of thioether (sulfide) groups is 1. The zero-order chi connectivity index (χ0) is 16.3. The molecule has 0 aliphatic carbocycles. The Balaban J connectivity index is 2.12. The van der Waals surface area contributed by atoms with Crippen LogP contribution in [-0.2, 0) is 9.59 Å². The number of nitrogens with one attached hydrogen (secondary N) is 1. The van der Waals surface area contributed by atoms with Crippen LogP contribution in [-0.4, -0.2) is 22.4 Å². The molecule has 1 aromatic carbocycles. The summed E-state index contributed by atoms with van der Waals surface area (Å²) in [6.45, 7) is 0. The van der Waals surface area contributed by atoms with E-state index >= 15 is 0 Å². The highest BCUT2D eigenvalue weighted by atomic mass is 35.5. The van der Waals surface area contributed by atoms with E-state index in [0.717, 1.165) is 6.20 Å². The van der Waals surface area contributed by atoms with Gasteiger partial charge in [0.2, 0.25) is 0 Å². The Hall–Kier alpha value is -1.80. The molecule has 22 heavy (non-hydrogen) atoms. The monoisotopic (exact) mass is 348 g/mol.